The van der Waals surface area contributed by atoms with Crippen LogP contribution in [0.3, 0.4) is 0 Å². The van der Waals surface area contributed by atoms with Gasteiger partial charge in [-0.2, -0.15) is 5.26 Å². The smallest absolute Gasteiger partial charge is 0.310 e. The van der Waals surface area contributed by atoms with Crippen LogP contribution < -0.4 is 0 Å². The molecule has 1 aliphatic rings. The third-order valence-electron chi connectivity index (χ3n) is 4.14. The summed E-state index contributed by atoms with van der Waals surface area (Å²) in [5.74, 6) is -0.662. The molecular weight excluding hydrogens is 228 g/mol. The predicted molar refractivity (Wildman–Crippen MR) is 70.0 cm³/mol. The Hall–Kier alpha value is -1.08. The molecule has 18 heavy (non-hydrogen) atoms. The third-order valence-corrected chi connectivity index (χ3v) is 4.14. The van der Waals surface area contributed by atoms with E-state index in [0.717, 1.165) is 32.4 Å². The molecule has 1 aliphatic heterocycles. The van der Waals surface area contributed by atoms with E-state index in [9.17, 15) is 9.90 Å². The van der Waals surface area contributed by atoms with Gasteiger partial charge in [-0.05, 0) is 52.6 Å². The van der Waals surface area contributed by atoms with Gasteiger partial charge in [-0.15, -0.1) is 0 Å². The Kier molecular flexibility index (Phi) is 4.75. The maximum atomic E-state index is 11.3. The Balaban J connectivity index is 2.40. The minimum atomic E-state index is -0.662. The molecule has 1 fully saturated rings. The van der Waals surface area contributed by atoms with Crippen LogP contribution in [-0.4, -0.2) is 35.6 Å². The monoisotopic (exact) mass is 252 g/mol. The van der Waals surface area contributed by atoms with Gasteiger partial charge >= 0.3 is 5.97 Å². The largest absolute Gasteiger partial charge is 0.481 e. The first-order valence-electron chi connectivity index (χ1n) is 6.72. The van der Waals surface area contributed by atoms with Crippen molar-refractivity contribution in [3.8, 4) is 6.07 Å². The van der Waals surface area contributed by atoms with Crippen molar-refractivity contribution in [2.24, 2.45) is 10.8 Å². The summed E-state index contributed by atoms with van der Waals surface area (Å²) in [7, 11) is 0. The third kappa shape index (κ3) is 3.46. The van der Waals surface area contributed by atoms with Gasteiger partial charge in [0.2, 0.25) is 0 Å². The summed E-state index contributed by atoms with van der Waals surface area (Å²) in [6, 6.07) is 2.30. The maximum Gasteiger partial charge on any atom is 0.310 e. The van der Waals surface area contributed by atoms with Gasteiger partial charge in [0, 0.05) is 6.54 Å². The molecular formula is C14H24N2O2. The number of hydrogen-bond acceptors (Lipinski definition) is 3. The lowest BCUT2D eigenvalue weighted by molar-refractivity contribution is -0.148. The van der Waals surface area contributed by atoms with E-state index in [0.29, 0.717) is 13.0 Å². The highest BCUT2D eigenvalue weighted by molar-refractivity contribution is 5.75. The molecule has 4 nitrogen and oxygen atoms in total. The second kappa shape index (κ2) is 5.71. The highest BCUT2D eigenvalue weighted by Crippen LogP contribution is 2.34. The summed E-state index contributed by atoms with van der Waals surface area (Å²) in [5, 5.41) is 18.2. The van der Waals surface area contributed by atoms with Crippen molar-refractivity contribution >= 4 is 5.97 Å². The van der Waals surface area contributed by atoms with Crippen LogP contribution in [0.15, 0.2) is 0 Å². The van der Waals surface area contributed by atoms with Gasteiger partial charge in [0.25, 0.3) is 0 Å². The molecule has 0 aliphatic carbocycles. The van der Waals surface area contributed by atoms with E-state index >= 15 is 0 Å². The standard InChI is InChI=1S/C14H24N2O2/c1-4-14(12(17)18)7-9-16(11-14)8-5-6-13(2,3)10-15/h4-9,11H2,1-3H3,(H,17,18). The number of aliphatic carboxylic acids is 1. The van der Waals surface area contributed by atoms with E-state index in [1.165, 1.54) is 0 Å². The maximum absolute atomic E-state index is 11.3. The number of carboxylic acid groups (broad SMARTS) is 1. The van der Waals surface area contributed by atoms with Crippen LogP contribution in [0.1, 0.15) is 46.5 Å². The lowest BCUT2D eigenvalue weighted by Crippen LogP contribution is -2.34. The van der Waals surface area contributed by atoms with Crippen molar-refractivity contribution in [2.45, 2.75) is 46.5 Å². The Bertz CT molecular complexity index is 346. The summed E-state index contributed by atoms with van der Waals surface area (Å²) in [6.07, 6.45) is 3.27. The van der Waals surface area contributed by atoms with Gasteiger partial charge in [-0.25, -0.2) is 0 Å². The summed E-state index contributed by atoms with van der Waals surface area (Å²) in [4.78, 5) is 13.5. The Morgan fingerprint density at radius 2 is 2.22 bits per heavy atom. The highest BCUT2D eigenvalue weighted by atomic mass is 16.4. The van der Waals surface area contributed by atoms with Crippen molar-refractivity contribution in [1.29, 1.82) is 5.26 Å². The molecule has 0 bridgehead atoms. The molecule has 0 radical (unpaired) electrons. The van der Waals surface area contributed by atoms with Crippen molar-refractivity contribution in [3.63, 3.8) is 0 Å². The van der Waals surface area contributed by atoms with Crippen molar-refractivity contribution in [2.75, 3.05) is 19.6 Å². The van der Waals surface area contributed by atoms with Crippen LogP contribution in [0.4, 0.5) is 0 Å². The summed E-state index contributed by atoms with van der Waals surface area (Å²) in [5.41, 5.74) is -0.806. The van der Waals surface area contributed by atoms with Crippen LogP contribution >= 0.6 is 0 Å². The zero-order valence-corrected chi connectivity index (χ0v) is 11.7. The van der Waals surface area contributed by atoms with E-state index in [-0.39, 0.29) is 5.41 Å². The highest BCUT2D eigenvalue weighted by Gasteiger charge is 2.42. The van der Waals surface area contributed by atoms with Gasteiger partial charge in [-0.1, -0.05) is 6.92 Å². The van der Waals surface area contributed by atoms with E-state index in [1.54, 1.807) is 0 Å². The zero-order valence-electron chi connectivity index (χ0n) is 11.7. The normalized spacial score (nSPS) is 25.0. The van der Waals surface area contributed by atoms with Crippen molar-refractivity contribution < 1.29 is 9.90 Å². The first-order chi connectivity index (χ1) is 8.35. The van der Waals surface area contributed by atoms with E-state index < -0.39 is 11.4 Å². The first-order valence-corrected chi connectivity index (χ1v) is 6.72. The number of likely N-dealkylation sites (tertiary alicyclic amines) is 1. The van der Waals surface area contributed by atoms with Gasteiger partial charge in [0.05, 0.1) is 16.9 Å². The van der Waals surface area contributed by atoms with Gasteiger partial charge in [-0.3, -0.25) is 4.79 Å². The van der Waals surface area contributed by atoms with Crippen molar-refractivity contribution in [3.05, 3.63) is 0 Å². The minimum Gasteiger partial charge on any atom is -0.481 e. The second-order valence-corrected chi connectivity index (χ2v) is 6.06. The molecule has 1 atom stereocenters. The molecule has 0 aromatic rings. The molecule has 0 amide bonds. The van der Waals surface area contributed by atoms with Crippen LogP contribution in [0.2, 0.25) is 0 Å². The molecule has 1 unspecified atom stereocenters. The quantitative estimate of drug-likeness (QED) is 0.789. The van der Waals surface area contributed by atoms with Crippen molar-refractivity contribution in [1.82, 2.24) is 4.90 Å². The number of nitrogens with zero attached hydrogens (tertiary/aromatic N) is 2. The molecule has 4 heteroatoms. The number of nitriles is 1. The number of carboxylic acids is 1. The summed E-state index contributed by atoms with van der Waals surface area (Å²) >= 11 is 0. The number of rotatable bonds is 6. The van der Waals surface area contributed by atoms with Gasteiger partial charge in [0.15, 0.2) is 0 Å². The van der Waals surface area contributed by atoms with E-state index in [1.807, 2.05) is 20.8 Å². The molecule has 0 saturated carbocycles. The topological polar surface area (TPSA) is 64.3 Å². The van der Waals surface area contributed by atoms with Gasteiger partial charge < -0.3 is 10.0 Å². The van der Waals surface area contributed by atoms with Crippen LogP contribution in [0, 0.1) is 22.2 Å². The molecule has 0 aromatic carbocycles. The fraction of sp³-hybridized carbons (Fsp3) is 0.857. The van der Waals surface area contributed by atoms with E-state index in [2.05, 4.69) is 11.0 Å². The average molecular weight is 252 g/mol. The van der Waals surface area contributed by atoms with Crippen LogP contribution in [0.25, 0.3) is 0 Å². The summed E-state index contributed by atoms with van der Waals surface area (Å²) in [6.45, 7) is 8.28. The Morgan fingerprint density at radius 3 is 2.67 bits per heavy atom. The second-order valence-electron chi connectivity index (χ2n) is 6.06. The fourth-order valence-corrected chi connectivity index (χ4v) is 2.56. The minimum absolute atomic E-state index is 0.269. The molecule has 102 valence electrons. The van der Waals surface area contributed by atoms with E-state index in [4.69, 9.17) is 5.26 Å². The average Bonchev–Trinajstić information content (AvgIpc) is 2.74. The zero-order chi connectivity index (χ0) is 13.8. The lowest BCUT2D eigenvalue weighted by atomic mass is 9.84. The number of carbonyl (C=O) groups is 1. The molecule has 1 N–H and O–H groups in total. The van der Waals surface area contributed by atoms with Crippen LogP contribution in [0.5, 0.6) is 0 Å². The van der Waals surface area contributed by atoms with Crippen LogP contribution in [-0.2, 0) is 4.79 Å². The molecule has 1 heterocycles. The SMILES string of the molecule is CCC1(C(=O)O)CCN(CCCC(C)(C)C#N)C1. The molecule has 0 spiro atoms. The summed E-state index contributed by atoms with van der Waals surface area (Å²) < 4.78 is 0. The molecule has 1 saturated heterocycles. The fourth-order valence-electron chi connectivity index (χ4n) is 2.56. The predicted octanol–water partition coefficient (Wildman–Crippen LogP) is 2.50. The van der Waals surface area contributed by atoms with Gasteiger partial charge in [0.1, 0.15) is 0 Å². The Morgan fingerprint density at radius 1 is 1.56 bits per heavy atom. The molecule has 0 aromatic heterocycles. The lowest BCUT2D eigenvalue weighted by Gasteiger charge is -2.23. The first kappa shape index (κ1) is 15.0. The molecule has 1 rings (SSSR count). The Labute approximate surface area is 110 Å². The number of hydrogen-bond donors (Lipinski definition) is 1.